The van der Waals surface area contributed by atoms with Crippen molar-refractivity contribution in [1.82, 2.24) is 9.80 Å². The number of nitrogens with zero attached hydrogens (tertiary/aromatic N) is 2. The van der Waals surface area contributed by atoms with Gasteiger partial charge in [-0.15, -0.1) is 0 Å². The van der Waals surface area contributed by atoms with Crippen molar-refractivity contribution in [2.75, 3.05) is 33.7 Å². The van der Waals surface area contributed by atoms with Crippen LogP contribution in [0.4, 0.5) is 0 Å². The van der Waals surface area contributed by atoms with Gasteiger partial charge in [0.15, 0.2) is 0 Å². The van der Waals surface area contributed by atoms with Crippen LogP contribution in [0.25, 0.3) is 0 Å². The Hall–Kier alpha value is -1.61. The maximum absolute atomic E-state index is 12.7. The van der Waals surface area contributed by atoms with Gasteiger partial charge >= 0.3 is 0 Å². The molecule has 1 aliphatic rings. The van der Waals surface area contributed by atoms with Gasteiger partial charge in [0, 0.05) is 26.7 Å². The van der Waals surface area contributed by atoms with Gasteiger partial charge in [-0.25, -0.2) is 0 Å². The van der Waals surface area contributed by atoms with E-state index in [9.17, 15) is 4.79 Å². The molecule has 0 spiro atoms. The summed E-state index contributed by atoms with van der Waals surface area (Å²) in [4.78, 5) is 16.9. The Kier molecular flexibility index (Phi) is 6.20. The highest BCUT2D eigenvalue weighted by Crippen LogP contribution is 2.22. The van der Waals surface area contributed by atoms with Crippen LogP contribution in [0.15, 0.2) is 42.0 Å². The highest BCUT2D eigenvalue weighted by atomic mass is 16.2. The summed E-state index contributed by atoms with van der Waals surface area (Å²) < 4.78 is 0. The second-order valence-corrected chi connectivity index (χ2v) is 6.26. The Bertz CT molecular complexity index is 509. The first-order valence-electron chi connectivity index (χ1n) is 8.28. The van der Waals surface area contributed by atoms with E-state index in [1.807, 2.05) is 30.1 Å². The first-order chi connectivity index (χ1) is 10.6. The SMILES string of the molecule is CCC(C(=O)N(C)CCC1=CCN(C)CC1)c1ccccc1. The lowest BCUT2D eigenvalue weighted by Crippen LogP contribution is -2.33. The van der Waals surface area contributed by atoms with Crippen LogP contribution in [0.2, 0.25) is 0 Å². The molecule has 0 aliphatic carbocycles. The largest absolute Gasteiger partial charge is 0.345 e. The molecule has 0 aromatic heterocycles. The molecule has 0 saturated heterocycles. The monoisotopic (exact) mass is 300 g/mol. The topological polar surface area (TPSA) is 23.6 Å². The fraction of sp³-hybridized carbons (Fsp3) is 0.526. The molecule has 0 saturated carbocycles. The zero-order valence-electron chi connectivity index (χ0n) is 14.1. The molecule has 22 heavy (non-hydrogen) atoms. The van der Waals surface area contributed by atoms with Crippen molar-refractivity contribution < 1.29 is 4.79 Å². The Balaban J connectivity index is 1.91. The van der Waals surface area contributed by atoms with Gasteiger partial charge in [-0.3, -0.25) is 4.79 Å². The standard InChI is InChI=1S/C19H28N2O/c1-4-18(17-8-6-5-7-9-17)19(22)21(3)15-12-16-10-13-20(2)14-11-16/h5-10,18H,4,11-15H2,1-3H3. The van der Waals surface area contributed by atoms with Gasteiger partial charge in [-0.05, 0) is 31.9 Å². The smallest absolute Gasteiger partial charge is 0.229 e. The van der Waals surface area contributed by atoms with Crippen molar-refractivity contribution in [2.45, 2.75) is 32.1 Å². The van der Waals surface area contributed by atoms with Gasteiger partial charge in [0.2, 0.25) is 5.91 Å². The molecule has 120 valence electrons. The molecule has 1 amide bonds. The molecule has 2 rings (SSSR count). The summed E-state index contributed by atoms with van der Waals surface area (Å²) in [6, 6.07) is 10.1. The lowest BCUT2D eigenvalue weighted by molar-refractivity contribution is -0.131. The Morgan fingerprint density at radius 3 is 2.64 bits per heavy atom. The molecule has 1 aliphatic heterocycles. The van der Waals surface area contributed by atoms with E-state index >= 15 is 0 Å². The fourth-order valence-electron chi connectivity index (χ4n) is 2.97. The lowest BCUT2D eigenvalue weighted by atomic mass is 9.95. The summed E-state index contributed by atoms with van der Waals surface area (Å²) in [6.07, 6.45) is 5.30. The van der Waals surface area contributed by atoms with E-state index in [1.165, 1.54) is 5.57 Å². The minimum absolute atomic E-state index is 0.0160. The molecule has 1 aromatic carbocycles. The van der Waals surface area contributed by atoms with Gasteiger partial charge in [0.05, 0.1) is 5.92 Å². The third kappa shape index (κ3) is 4.44. The summed E-state index contributed by atoms with van der Waals surface area (Å²) in [5.41, 5.74) is 2.62. The van der Waals surface area contributed by atoms with Crippen molar-refractivity contribution in [3.63, 3.8) is 0 Å². The lowest BCUT2D eigenvalue weighted by Gasteiger charge is -2.26. The maximum atomic E-state index is 12.7. The maximum Gasteiger partial charge on any atom is 0.229 e. The van der Waals surface area contributed by atoms with Gasteiger partial charge in [0.1, 0.15) is 0 Å². The first-order valence-corrected chi connectivity index (χ1v) is 8.28. The molecular formula is C19H28N2O. The average molecular weight is 300 g/mol. The quantitative estimate of drug-likeness (QED) is 0.753. The third-order valence-electron chi connectivity index (χ3n) is 4.56. The van der Waals surface area contributed by atoms with Crippen LogP contribution in [0.3, 0.4) is 0 Å². The van der Waals surface area contributed by atoms with Crippen molar-refractivity contribution in [3.05, 3.63) is 47.5 Å². The van der Waals surface area contributed by atoms with E-state index in [0.29, 0.717) is 0 Å². The summed E-state index contributed by atoms with van der Waals surface area (Å²) in [7, 11) is 4.08. The van der Waals surface area contributed by atoms with Crippen LogP contribution in [-0.2, 0) is 4.79 Å². The summed E-state index contributed by atoms with van der Waals surface area (Å²) in [5.74, 6) is 0.222. The van der Waals surface area contributed by atoms with Crippen molar-refractivity contribution in [3.8, 4) is 0 Å². The molecule has 1 aromatic rings. The van der Waals surface area contributed by atoms with Crippen molar-refractivity contribution in [2.24, 2.45) is 0 Å². The second-order valence-electron chi connectivity index (χ2n) is 6.26. The number of amides is 1. The zero-order valence-corrected chi connectivity index (χ0v) is 14.1. The fourth-order valence-corrected chi connectivity index (χ4v) is 2.97. The molecule has 3 heteroatoms. The number of rotatable bonds is 6. The molecular weight excluding hydrogens is 272 g/mol. The highest BCUT2D eigenvalue weighted by Gasteiger charge is 2.22. The molecule has 1 heterocycles. The zero-order chi connectivity index (χ0) is 15.9. The van der Waals surface area contributed by atoms with Crippen molar-refractivity contribution >= 4 is 5.91 Å². The van der Waals surface area contributed by atoms with Gasteiger partial charge in [-0.1, -0.05) is 48.9 Å². The molecule has 0 bridgehead atoms. The number of benzene rings is 1. The molecule has 0 radical (unpaired) electrons. The van der Waals surface area contributed by atoms with Gasteiger partial charge in [0.25, 0.3) is 0 Å². The van der Waals surface area contributed by atoms with Crippen LogP contribution in [0, 0.1) is 0 Å². The number of hydrogen-bond donors (Lipinski definition) is 0. The summed E-state index contributed by atoms with van der Waals surface area (Å²) in [5, 5.41) is 0. The van der Waals surface area contributed by atoms with E-state index in [-0.39, 0.29) is 11.8 Å². The van der Waals surface area contributed by atoms with E-state index in [4.69, 9.17) is 0 Å². The van der Waals surface area contributed by atoms with Crippen LogP contribution < -0.4 is 0 Å². The van der Waals surface area contributed by atoms with Crippen LogP contribution in [0.5, 0.6) is 0 Å². The van der Waals surface area contributed by atoms with Gasteiger partial charge < -0.3 is 9.80 Å². The minimum Gasteiger partial charge on any atom is -0.345 e. The van der Waals surface area contributed by atoms with Crippen LogP contribution in [-0.4, -0.2) is 49.4 Å². The summed E-state index contributed by atoms with van der Waals surface area (Å²) >= 11 is 0. The average Bonchev–Trinajstić information content (AvgIpc) is 2.55. The highest BCUT2D eigenvalue weighted by molar-refractivity contribution is 5.83. The predicted molar refractivity (Wildman–Crippen MR) is 91.9 cm³/mol. The first kappa shape index (κ1) is 16.8. The molecule has 3 nitrogen and oxygen atoms in total. The minimum atomic E-state index is -0.0160. The Morgan fingerprint density at radius 1 is 1.32 bits per heavy atom. The van der Waals surface area contributed by atoms with Crippen LogP contribution >= 0.6 is 0 Å². The Labute approximate surface area is 134 Å². The Morgan fingerprint density at radius 2 is 2.05 bits per heavy atom. The van der Waals surface area contributed by atoms with Crippen molar-refractivity contribution in [1.29, 1.82) is 0 Å². The normalized spacial score (nSPS) is 17.0. The summed E-state index contributed by atoms with van der Waals surface area (Å²) in [6.45, 7) is 5.07. The molecule has 0 N–H and O–H groups in total. The third-order valence-corrected chi connectivity index (χ3v) is 4.56. The number of hydrogen-bond acceptors (Lipinski definition) is 2. The second kappa shape index (κ2) is 8.14. The number of carbonyl (C=O) groups is 1. The van der Waals surface area contributed by atoms with Gasteiger partial charge in [-0.2, -0.15) is 0 Å². The molecule has 1 atom stereocenters. The van der Waals surface area contributed by atoms with E-state index in [0.717, 1.165) is 44.5 Å². The van der Waals surface area contributed by atoms with E-state index in [1.54, 1.807) is 0 Å². The van der Waals surface area contributed by atoms with Crippen LogP contribution in [0.1, 0.15) is 37.7 Å². The molecule has 0 fully saturated rings. The number of carbonyl (C=O) groups excluding carboxylic acids is 1. The predicted octanol–water partition coefficient (Wildman–Crippen LogP) is 3.29. The number of likely N-dealkylation sites (N-methyl/N-ethyl adjacent to an activating group) is 2. The molecule has 1 unspecified atom stereocenters. The van der Waals surface area contributed by atoms with E-state index < -0.39 is 0 Å². The van der Waals surface area contributed by atoms with E-state index in [2.05, 4.69) is 37.1 Å².